The molecule has 0 amide bonds. The first-order valence-electron chi connectivity index (χ1n) is 9.48. The lowest BCUT2D eigenvalue weighted by Gasteiger charge is -2.06. The maximum absolute atomic E-state index is 12.4. The van der Waals surface area contributed by atoms with Crippen LogP contribution in [0.1, 0.15) is 16.1 Å². The van der Waals surface area contributed by atoms with Crippen molar-refractivity contribution in [2.45, 2.75) is 11.8 Å². The topological polar surface area (TPSA) is 132 Å². The highest BCUT2D eigenvalue weighted by atomic mass is 79.9. The Morgan fingerprint density at radius 1 is 1.09 bits per heavy atom. The van der Waals surface area contributed by atoms with Crippen LogP contribution in [-0.2, 0) is 10.0 Å². The van der Waals surface area contributed by atoms with E-state index in [4.69, 9.17) is 8.94 Å². The molecule has 2 heterocycles. The average Bonchev–Trinajstić information content (AvgIpc) is 3.17. The summed E-state index contributed by atoms with van der Waals surface area (Å²) >= 11 is 3.34. The van der Waals surface area contributed by atoms with Gasteiger partial charge in [-0.05, 0) is 55.5 Å². The number of anilines is 2. The first kappa shape index (κ1) is 22.5. The van der Waals surface area contributed by atoms with Crippen molar-refractivity contribution in [2.75, 3.05) is 10.0 Å². The minimum Gasteiger partial charge on any atom is -0.422 e. The van der Waals surface area contributed by atoms with Crippen molar-refractivity contribution in [1.29, 1.82) is 0 Å². The van der Waals surface area contributed by atoms with E-state index < -0.39 is 21.4 Å². The number of nitrogens with one attached hydrogen (secondary N) is 2. The van der Waals surface area contributed by atoms with Crippen LogP contribution in [0.5, 0.6) is 0 Å². The zero-order chi connectivity index (χ0) is 23.6. The van der Waals surface area contributed by atoms with Crippen molar-refractivity contribution in [3.05, 3.63) is 93.1 Å². The van der Waals surface area contributed by atoms with Gasteiger partial charge in [-0.3, -0.25) is 9.52 Å². The molecule has 0 radical (unpaired) electrons. The van der Waals surface area contributed by atoms with Gasteiger partial charge < -0.3 is 14.3 Å². The van der Waals surface area contributed by atoms with E-state index in [2.05, 4.69) is 31.1 Å². The molecule has 0 aliphatic rings. The molecule has 0 aliphatic carbocycles. The molecule has 0 saturated heterocycles. The van der Waals surface area contributed by atoms with Crippen LogP contribution in [-0.4, -0.2) is 19.4 Å². The predicted octanol–water partition coefficient (Wildman–Crippen LogP) is 4.46. The zero-order valence-corrected chi connectivity index (χ0v) is 19.4. The smallest absolute Gasteiger partial charge is 0.347 e. The largest absolute Gasteiger partial charge is 0.422 e. The molecule has 168 valence electrons. The third kappa shape index (κ3) is 5.21. The third-order valence-electron chi connectivity index (χ3n) is 4.48. The number of hydrogen-bond acceptors (Lipinski definition) is 8. The maximum Gasteiger partial charge on any atom is 0.347 e. The van der Waals surface area contributed by atoms with E-state index in [-0.39, 0.29) is 16.3 Å². The van der Waals surface area contributed by atoms with Gasteiger partial charge in [0.15, 0.2) is 11.6 Å². The lowest BCUT2D eigenvalue weighted by Crippen LogP contribution is -2.13. The summed E-state index contributed by atoms with van der Waals surface area (Å²) in [6, 6.07) is 13.9. The molecule has 2 aromatic carbocycles. The molecular weight excluding hydrogens is 514 g/mol. The molecule has 33 heavy (non-hydrogen) atoms. The molecule has 2 N–H and O–H groups in total. The molecule has 0 unspecified atom stereocenters. The van der Waals surface area contributed by atoms with Gasteiger partial charge in [0, 0.05) is 33.9 Å². The highest BCUT2D eigenvalue weighted by Crippen LogP contribution is 2.20. The second kappa shape index (κ2) is 9.04. The van der Waals surface area contributed by atoms with E-state index in [1.165, 1.54) is 48.7 Å². The van der Waals surface area contributed by atoms with Gasteiger partial charge in [-0.15, -0.1) is 0 Å². The fourth-order valence-corrected chi connectivity index (χ4v) is 4.27. The Morgan fingerprint density at radius 3 is 2.55 bits per heavy atom. The fraction of sp³-hybridized carbons (Fsp3) is 0.0455. The van der Waals surface area contributed by atoms with Crippen LogP contribution in [0.4, 0.5) is 11.5 Å². The maximum atomic E-state index is 12.4. The van der Waals surface area contributed by atoms with E-state index in [1.807, 2.05) is 0 Å². The molecule has 0 saturated carbocycles. The number of fused-ring (bicyclic) bond motifs is 1. The molecule has 0 fully saturated rings. The van der Waals surface area contributed by atoms with Gasteiger partial charge in [-0.2, -0.15) is 0 Å². The SMILES string of the molecule is Cc1cc(NS(=O)(=O)c2ccc(N/C=C/C(=O)c3cc4cc(Br)ccc4oc3=O)cc2)no1. The number of carbonyl (C=O) groups is 1. The number of allylic oxidation sites excluding steroid dienone is 1. The van der Waals surface area contributed by atoms with E-state index in [0.29, 0.717) is 22.4 Å². The number of halogens is 1. The predicted molar refractivity (Wildman–Crippen MR) is 126 cm³/mol. The van der Waals surface area contributed by atoms with E-state index in [9.17, 15) is 18.0 Å². The molecule has 0 atom stereocenters. The molecule has 0 bridgehead atoms. The third-order valence-corrected chi connectivity index (χ3v) is 6.34. The number of carbonyl (C=O) groups excluding carboxylic acids is 1. The number of hydrogen-bond donors (Lipinski definition) is 2. The summed E-state index contributed by atoms with van der Waals surface area (Å²) in [6.45, 7) is 1.65. The number of ketones is 1. The van der Waals surface area contributed by atoms with Gasteiger partial charge in [0.05, 0.1) is 4.90 Å². The highest BCUT2D eigenvalue weighted by Gasteiger charge is 2.16. The monoisotopic (exact) mass is 529 g/mol. The summed E-state index contributed by atoms with van der Waals surface area (Å²) in [4.78, 5) is 24.6. The number of sulfonamides is 1. The van der Waals surface area contributed by atoms with Crippen LogP contribution in [0.25, 0.3) is 11.0 Å². The Morgan fingerprint density at radius 2 is 1.85 bits per heavy atom. The molecule has 0 aliphatic heterocycles. The van der Waals surface area contributed by atoms with Crippen LogP contribution in [0.2, 0.25) is 0 Å². The van der Waals surface area contributed by atoms with Crippen molar-refractivity contribution in [3.8, 4) is 0 Å². The minimum absolute atomic E-state index is 0.0219. The summed E-state index contributed by atoms with van der Waals surface area (Å²) in [6.07, 6.45) is 2.54. The number of nitrogens with zero attached hydrogens (tertiary/aromatic N) is 1. The average molecular weight is 530 g/mol. The first-order chi connectivity index (χ1) is 15.7. The Bertz CT molecular complexity index is 1540. The number of aryl methyl sites for hydroxylation is 1. The van der Waals surface area contributed by atoms with Gasteiger partial charge in [-0.1, -0.05) is 21.1 Å². The van der Waals surface area contributed by atoms with Crippen molar-refractivity contribution in [1.82, 2.24) is 5.16 Å². The lowest BCUT2D eigenvalue weighted by atomic mass is 10.1. The van der Waals surface area contributed by atoms with E-state index in [1.54, 1.807) is 25.1 Å². The van der Waals surface area contributed by atoms with E-state index >= 15 is 0 Å². The van der Waals surface area contributed by atoms with Gasteiger partial charge in [-0.25, -0.2) is 13.2 Å². The Labute approximate surface area is 196 Å². The quantitative estimate of drug-likeness (QED) is 0.203. The second-order valence-electron chi connectivity index (χ2n) is 6.92. The fourth-order valence-electron chi connectivity index (χ4n) is 2.91. The van der Waals surface area contributed by atoms with Crippen LogP contribution >= 0.6 is 15.9 Å². The van der Waals surface area contributed by atoms with Crippen LogP contribution in [0, 0.1) is 6.92 Å². The Kier molecular flexibility index (Phi) is 6.16. The summed E-state index contributed by atoms with van der Waals surface area (Å²) in [5.74, 6) is 0.0222. The minimum atomic E-state index is -3.83. The zero-order valence-electron chi connectivity index (χ0n) is 17.0. The standard InChI is InChI=1S/C22H16BrN3O6S/c1-13-10-21(25-32-13)26-33(29,30)17-5-3-16(4-6-17)24-9-8-19(27)18-12-14-11-15(23)2-7-20(14)31-22(18)28/h2-12,24H,1H3,(H,25,26)/b9-8+. The van der Waals surface area contributed by atoms with Gasteiger partial charge >= 0.3 is 5.63 Å². The van der Waals surface area contributed by atoms with Crippen LogP contribution < -0.4 is 15.7 Å². The highest BCUT2D eigenvalue weighted by molar-refractivity contribution is 9.10. The van der Waals surface area contributed by atoms with Crippen molar-refractivity contribution >= 4 is 54.2 Å². The summed E-state index contributed by atoms with van der Waals surface area (Å²) in [5, 5.41) is 7.07. The van der Waals surface area contributed by atoms with Crippen molar-refractivity contribution in [2.24, 2.45) is 0 Å². The van der Waals surface area contributed by atoms with Crippen molar-refractivity contribution < 1.29 is 22.2 Å². The number of rotatable bonds is 7. The van der Waals surface area contributed by atoms with Crippen molar-refractivity contribution in [3.63, 3.8) is 0 Å². The molecule has 4 aromatic rings. The summed E-state index contributed by atoms with van der Waals surface area (Å²) < 4.78 is 38.0. The van der Waals surface area contributed by atoms with Gasteiger partial charge in [0.2, 0.25) is 0 Å². The van der Waals surface area contributed by atoms with Gasteiger partial charge in [0.25, 0.3) is 10.0 Å². The molecule has 9 nitrogen and oxygen atoms in total. The normalized spacial score (nSPS) is 11.7. The Balaban J connectivity index is 1.44. The van der Waals surface area contributed by atoms with Crippen LogP contribution in [0.3, 0.4) is 0 Å². The molecule has 11 heteroatoms. The molecule has 4 rings (SSSR count). The second-order valence-corrected chi connectivity index (χ2v) is 9.52. The first-order valence-corrected chi connectivity index (χ1v) is 11.8. The number of benzene rings is 2. The molecular formula is C22H16BrN3O6S. The summed E-state index contributed by atoms with van der Waals surface area (Å²) in [5.41, 5.74) is 0.0768. The van der Waals surface area contributed by atoms with E-state index in [0.717, 1.165) is 4.47 Å². The molecule has 0 spiro atoms. The van der Waals surface area contributed by atoms with Gasteiger partial charge in [0.1, 0.15) is 16.9 Å². The molecule has 2 aromatic heterocycles. The summed E-state index contributed by atoms with van der Waals surface area (Å²) in [7, 11) is -3.83. The lowest BCUT2D eigenvalue weighted by molar-refractivity contribution is 0.104. The number of aromatic nitrogens is 1. The van der Waals surface area contributed by atoms with Crippen LogP contribution in [0.15, 0.2) is 90.0 Å². The Hall–Kier alpha value is -3.70.